The van der Waals surface area contributed by atoms with Crippen LogP contribution in [0.5, 0.6) is 0 Å². The normalized spacial score (nSPS) is 32.8. The summed E-state index contributed by atoms with van der Waals surface area (Å²) in [7, 11) is 0. The van der Waals surface area contributed by atoms with Crippen molar-refractivity contribution >= 4 is 11.9 Å². The standard InChI is InChI=1S/C7H11NO5/c1-3(10)8-5-6(11)4(2-9)13-7(5)12/h4-6,9,11H,2H2,1H3,(H,8,10)/t4-,5+,6-/m1/s1. The van der Waals surface area contributed by atoms with E-state index >= 15 is 0 Å². The molecule has 3 N–H and O–H groups in total. The van der Waals surface area contributed by atoms with E-state index in [1.165, 1.54) is 6.92 Å². The number of rotatable bonds is 2. The topological polar surface area (TPSA) is 95.9 Å². The van der Waals surface area contributed by atoms with Gasteiger partial charge in [0.1, 0.15) is 6.10 Å². The molecule has 3 atom stereocenters. The average Bonchev–Trinajstić information content (AvgIpc) is 2.31. The zero-order chi connectivity index (χ0) is 10.0. The minimum Gasteiger partial charge on any atom is -0.455 e. The molecular weight excluding hydrogens is 178 g/mol. The van der Waals surface area contributed by atoms with Gasteiger partial charge in [-0.15, -0.1) is 0 Å². The smallest absolute Gasteiger partial charge is 0.331 e. The fraction of sp³-hybridized carbons (Fsp3) is 0.714. The van der Waals surface area contributed by atoms with Gasteiger partial charge < -0.3 is 20.3 Å². The molecule has 0 spiro atoms. The summed E-state index contributed by atoms with van der Waals surface area (Å²) in [5, 5.41) is 20.2. The number of aliphatic hydroxyl groups is 2. The lowest BCUT2D eigenvalue weighted by Crippen LogP contribution is -2.45. The Morgan fingerprint density at radius 3 is 2.69 bits per heavy atom. The molecule has 74 valence electrons. The van der Waals surface area contributed by atoms with Gasteiger partial charge in [-0.2, -0.15) is 0 Å². The van der Waals surface area contributed by atoms with Crippen molar-refractivity contribution in [2.45, 2.75) is 25.2 Å². The van der Waals surface area contributed by atoms with Crippen LogP contribution in [0.1, 0.15) is 6.92 Å². The molecule has 0 aromatic heterocycles. The van der Waals surface area contributed by atoms with Gasteiger partial charge in [-0.3, -0.25) is 4.79 Å². The quantitative estimate of drug-likeness (QED) is 0.427. The molecule has 1 saturated heterocycles. The van der Waals surface area contributed by atoms with Gasteiger partial charge in [-0.05, 0) is 0 Å². The first-order valence-corrected chi connectivity index (χ1v) is 3.82. The van der Waals surface area contributed by atoms with Crippen molar-refractivity contribution in [3.8, 4) is 0 Å². The molecule has 6 nitrogen and oxygen atoms in total. The minimum absolute atomic E-state index is 0.431. The molecule has 0 aromatic carbocycles. The maximum atomic E-state index is 11.0. The van der Waals surface area contributed by atoms with Gasteiger partial charge in [0.15, 0.2) is 12.1 Å². The van der Waals surface area contributed by atoms with Crippen LogP contribution in [0.3, 0.4) is 0 Å². The number of cyclic esters (lactones) is 1. The summed E-state index contributed by atoms with van der Waals surface area (Å²) in [5.41, 5.74) is 0. The Kier molecular flexibility index (Phi) is 2.84. The second kappa shape index (κ2) is 3.71. The lowest BCUT2D eigenvalue weighted by Gasteiger charge is -2.13. The van der Waals surface area contributed by atoms with Crippen molar-refractivity contribution < 1.29 is 24.5 Å². The van der Waals surface area contributed by atoms with Crippen molar-refractivity contribution in [1.82, 2.24) is 5.32 Å². The van der Waals surface area contributed by atoms with Crippen LogP contribution in [-0.2, 0) is 14.3 Å². The van der Waals surface area contributed by atoms with E-state index in [0.717, 1.165) is 0 Å². The van der Waals surface area contributed by atoms with E-state index < -0.39 is 36.7 Å². The van der Waals surface area contributed by atoms with Crippen molar-refractivity contribution in [3.63, 3.8) is 0 Å². The zero-order valence-electron chi connectivity index (χ0n) is 7.06. The van der Waals surface area contributed by atoms with Crippen LogP contribution in [0.15, 0.2) is 0 Å². The molecular formula is C7H11NO5. The molecule has 0 saturated carbocycles. The van der Waals surface area contributed by atoms with Gasteiger partial charge >= 0.3 is 5.97 Å². The molecule has 1 rings (SSSR count). The highest BCUT2D eigenvalue weighted by Crippen LogP contribution is 2.15. The molecule has 1 aliphatic rings. The summed E-state index contributed by atoms with van der Waals surface area (Å²) in [4.78, 5) is 21.6. The Hall–Kier alpha value is -1.14. The predicted octanol–water partition coefficient (Wildman–Crippen LogP) is -2.23. The van der Waals surface area contributed by atoms with Crippen LogP contribution < -0.4 is 5.32 Å². The first kappa shape index (κ1) is 9.94. The third-order valence-corrected chi connectivity index (χ3v) is 1.78. The molecule has 13 heavy (non-hydrogen) atoms. The third kappa shape index (κ3) is 1.96. The maximum Gasteiger partial charge on any atom is 0.331 e. The van der Waals surface area contributed by atoms with E-state index in [1.54, 1.807) is 0 Å². The van der Waals surface area contributed by atoms with E-state index in [4.69, 9.17) is 5.11 Å². The number of carbonyl (C=O) groups excluding carboxylic acids is 2. The summed E-state index contributed by atoms with van der Waals surface area (Å²) >= 11 is 0. The maximum absolute atomic E-state index is 11.0. The first-order valence-electron chi connectivity index (χ1n) is 3.82. The van der Waals surface area contributed by atoms with Crippen LogP contribution in [0.4, 0.5) is 0 Å². The van der Waals surface area contributed by atoms with Gasteiger partial charge in [0.05, 0.1) is 6.61 Å². The molecule has 0 unspecified atom stereocenters. The summed E-state index contributed by atoms with van der Waals surface area (Å²) in [6.07, 6.45) is -2.12. The summed E-state index contributed by atoms with van der Waals surface area (Å²) in [5.74, 6) is -1.15. The molecule has 0 aliphatic carbocycles. The Morgan fingerprint density at radius 2 is 2.31 bits per heavy atom. The Labute approximate surface area is 74.5 Å². The number of ether oxygens (including phenoxy) is 1. The summed E-state index contributed by atoms with van der Waals surface area (Å²) in [6, 6.07) is -1.06. The highest BCUT2D eigenvalue weighted by atomic mass is 16.6. The molecule has 1 amide bonds. The van der Waals surface area contributed by atoms with E-state index in [0.29, 0.717) is 0 Å². The molecule has 1 aliphatic heterocycles. The lowest BCUT2D eigenvalue weighted by molar-refractivity contribution is -0.145. The summed E-state index contributed by atoms with van der Waals surface area (Å²) < 4.78 is 4.58. The van der Waals surface area contributed by atoms with Gasteiger partial charge in [0.2, 0.25) is 5.91 Å². The largest absolute Gasteiger partial charge is 0.455 e. The van der Waals surface area contributed by atoms with E-state index in [2.05, 4.69) is 10.1 Å². The number of esters is 1. The highest BCUT2D eigenvalue weighted by molar-refractivity contribution is 5.85. The number of amides is 1. The Morgan fingerprint density at radius 1 is 1.69 bits per heavy atom. The second-order valence-corrected chi connectivity index (χ2v) is 2.83. The molecule has 0 bridgehead atoms. The molecule has 1 fully saturated rings. The highest BCUT2D eigenvalue weighted by Gasteiger charge is 2.43. The minimum atomic E-state index is -1.18. The molecule has 0 aromatic rings. The van der Waals surface area contributed by atoms with Crippen molar-refractivity contribution in [3.05, 3.63) is 0 Å². The number of hydrogen-bond acceptors (Lipinski definition) is 5. The Balaban J connectivity index is 2.64. The van der Waals surface area contributed by atoms with E-state index in [9.17, 15) is 14.7 Å². The van der Waals surface area contributed by atoms with Crippen molar-refractivity contribution in [2.75, 3.05) is 6.61 Å². The van der Waals surface area contributed by atoms with Gasteiger partial charge in [0, 0.05) is 6.92 Å². The van der Waals surface area contributed by atoms with Crippen LogP contribution in [0, 0.1) is 0 Å². The number of hydrogen-bond donors (Lipinski definition) is 3. The van der Waals surface area contributed by atoms with Gasteiger partial charge in [0.25, 0.3) is 0 Å². The Bertz CT molecular complexity index is 229. The average molecular weight is 189 g/mol. The molecule has 6 heteroatoms. The third-order valence-electron chi connectivity index (χ3n) is 1.78. The van der Waals surface area contributed by atoms with Gasteiger partial charge in [-0.25, -0.2) is 4.79 Å². The number of aliphatic hydroxyl groups excluding tert-OH is 2. The number of carbonyl (C=O) groups is 2. The monoisotopic (exact) mass is 189 g/mol. The number of nitrogens with one attached hydrogen (secondary N) is 1. The van der Waals surface area contributed by atoms with Gasteiger partial charge in [-0.1, -0.05) is 0 Å². The van der Waals surface area contributed by atoms with E-state index in [1.807, 2.05) is 0 Å². The fourth-order valence-electron chi connectivity index (χ4n) is 1.15. The first-order chi connectivity index (χ1) is 6.06. The van der Waals surface area contributed by atoms with E-state index in [-0.39, 0.29) is 0 Å². The zero-order valence-corrected chi connectivity index (χ0v) is 7.06. The van der Waals surface area contributed by atoms with Crippen molar-refractivity contribution in [2.24, 2.45) is 0 Å². The fourth-order valence-corrected chi connectivity index (χ4v) is 1.15. The SMILES string of the molecule is CC(=O)N[C@@H]1C(=O)O[C@H](CO)[C@H]1O. The van der Waals surface area contributed by atoms with Crippen LogP contribution in [0.25, 0.3) is 0 Å². The van der Waals surface area contributed by atoms with Crippen LogP contribution >= 0.6 is 0 Å². The lowest BCUT2D eigenvalue weighted by atomic mass is 10.1. The van der Waals surface area contributed by atoms with Crippen LogP contribution in [-0.4, -0.2) is 46.9 Å². The predicted molar refractivity (Wildman–Crippen MR) is 40.6 cm³/mol. The second-order valence-electron chi connectivity index (χ2n) is 2.83. The summed E-state index contributed by atoms with van der Waals surface area (Å²) in [6.45, 7) is 0.773. The van der Waals surface area contributed by atoms with Crippen LogP contribution in [0.2, 0.25) is 0 Å². The molecule has 1 heterocycles. The molecule has 0 radical (unpaired) electrons. The van der Waals surface area contributed by atoms with Crippen molar-refractivity contribution in [1.29, 1.82) is 0 Å².